The van der Waals surface area contributed by atoms with Crippen molar-refractivity contribution >= 4 is 5.97 Å². The monoisotopic (exact) mass is 233 g/mol. The zero-order valence-corrected chi connectivity index (χ0v) is 9.93. The summed E-state index contributed by atoms with van der Waals surface area (Å²) >= 11 is 0. The van der Waals surface area contributed by atoms with Crippen LogP contribution >= 0.6 is 0 Å². The van der Waals surface area contributed by atoms with Crippen LogP contribution in [0.15, 0.2) is 30.3 Å². The van der Waals surface area contributed by atoms with Crippen molar-refractivity contribution < 1.29 is 9.90 Å². The molecular weight excluding hydrogens is 214 g/mol. The van der Waals surface area contributed by atoms with Crippen molar-refractivity contribution in [3.8, 4) is 0 Å². The molecule has 0 saturated heterocycles. The van der Waals surface area contributed by atoms with Gasteiger partial charge in [-0.05, 0) is 30.9 Å². The summed E-state index contributed by atoms with van der Waals surface area (Å²) in [4.78, 5) is 11.0. The van der Waals surface area contributed by atoms with E-state index in [2.05, 4.69) is 17.4 Å². The van der Waals surface area contributed by atoms with E-state index in [-0.39, 0.29) is 5.92 Å². The molecular formula is C14H19NO2. The molecule has 0 radical (unpaired) electrons. The molecule has 1 saturated carbocycles. The van der Waals surface area contributed by atoms with Crippen LogP contribution in [0.2, 0.25) is 0 Å². The first-order valence-corrected chi connectivity index (χ1v) is 6.25. The lowest BCUT2D eigenvalue weighted by molar-refractivity contribution is -0.142. The van der Waals surface area contributed by atoms with E-state index in [0.717, 1.165) is 32.4 Å². The standard InChI is InChI=1S/C14H19NO2/c16-14(17)13-8-4-7-12(13)10-15-9-11-5-2-1-3-6-11/h1-3,5-6,12-13,15H,4,7-10H2,(H,16,17). The number of hydrogen-bond acceptors (Lipinski definition) is 2. The highest BCUT2D eigenvalue weighted by Gasteiger charge is 2.32. The molecule has 2 unspecified atom stereocenters. The van der Waals surface area contributed by atoms with Crippen molar-refractivity contribution in [3.63, 3.8) is 0 Å². The van der Waals surface area contributed by atoms with Gasteiger partial charge in [0.25, 0.3) is 0 Å². The Balaban J connectivity index is 1.77. The van der Waals surface area contributed by atoms with Gasteiger partial charge in [0.1, 0.15) is 0 Å². The van der Waals surface area contributed by atoms with E-state index in [0.29, 0.717) is 5.92 Å². The van der Waals surface area contributed by atoms with Crippen LogP contribution in [0.5, 0.6) is 0 Å². The third kappa shape index (κ3) is 3.30. The highest BCUT2D eigenvalue weighted by atomic mass is 16.4. The predicted octanol–water partition coefficient (Wildman–Crippen LogP) is 2.28. The van der Waals surface area contributed by atoms with Crippen molar-refractivity contribution in [3.05, 3.63) is 35.9 Å². The molecule has 0 heterocycles. The first-order valence-electron chi connectivity index (χ1n) is 6.25. The Morgan fingerprint density at radius 1 is 1.29 bits per heavy atom. The fraction of sp³-hybridized carbons (Fsp3) is 0.500. The molecule has 2 N–H and O–H groups in total. The second kappa shape index (κ2) is 5.82. The number of carbonyl (C=O) groups is 1. The van der Waals surface area contributed by atoms with Crippen LogP contribution in [-0.2, 0) is 11.3 Å². The maximum atomic E-state index is 11.0. The Morgan fingerprint density at radius 2 is 2.06 bits per heavy atom. The molecule has 0 amide bonds. The van der Waals surface area contributed by atoms with E-state index >= 15 is 0 Å². The van der Waals surface area contributed by atoms with Crippen molar-refractivity contribution in [1.29, 1.82) is 0 Å². The summed E-state index contributed by atoms with van der Waals surface area (Å²) < 4.78 is 0. The van der Waals surface area contributed by atoms with Crippen LogP contribution in [-0.4, -0.2) is 17.6 Å². The largest absolute Gasteiger partial charge is 0.481 e. The first kappa shape index (κ1) is 12.1. The van der Waals surface area contributed by atoms with Gasteiger partial charge in [-0.15, -0.1) is 0 Å². The van der Waals surface area contributed by atoms with Crippen LogP contribution in [0.25, 0.3) is 0 Å². The third-order valence-corrected chi connectivity index (χ3v) is 3.55. The Kier molecular flexibility index (Phi) is 4.15. The Morgan fingerprint density at radius 3 is 2.76 bits per heavy atom. The summed E-state index contributed by atoms with van der Waals surface area (Å²) in [6.07, 6.45) is 2.93. The smallest absolute Gasteiger partial charge is 0.306 e. The van der Waals surface area contributed by atoms with Crippen LogP contribution in [0, 0.1) is 11.8 Å². The van der Waals surface area contributed by atoms with Gasteiger partial charge in [0, 0.05) is 6.54 Å². The molecule has 92 valence electrons. The molecule has 1 fully saturated rings. The molecule has 2 atom stereocenters. The number of carboxylic acid groups (broad SMARTS) is 1. The first-order chi connectivity index (χ1) is 8.27. The lowest BCUT2D eigenvalue weighted by Crippen LogP contribution is -2.28. The number of benzene rings is 1. The predicted molar refractivity (Wildman–Crippen MR) is 66.6 cm³/mol. The summed E-state index contributed by atoms with van der Waals surface area (Å²) in [6.45, 7) is 1.63. The normalized spacial score (nSPS) is 23.8. The van der Waals surface area contributed by atoms with E-state index in [9.17, 15) is 4.79 Å². The molecule has 0 aromatic heterocycles. The summed E-state index contributed by atoms with van der Waals surface area (Å²) in [5.41, 5.74) is 1.25. The van der Waals surface area contributed by atoms with Gasteiger partial charge >= 0.3 is 5.97 Å². The fourth-order valence-corrected chi connectivity index (χ4v) is 2.60. The summed E-state index contributed by atoms with van der Waals surface area (Å²) in [7, 11) is 0. The van der Waals surface area contributed by atoms with E-state index < -0.39 is 5.97 Å². The van der Waals surface area contributed by atoms with E-state index in [1.165, 1.54) is 5.56 Å². The molecule has 1 aromatic carbocycles. The molecule has 1 aromatic rings. The average molecular weight is 233 g/mol. The van der Waals surface area contributed by atoms with Gasteiger partial charge < -0.3 is 10.4 Å². The maximum Gasteiger partial charge on any atom is 0.306 e. The van der Waals surface area contributed by atoms with Crippen molar-refractivity contribution in [2.75, 3.05) is 6.54 Å². The number of carboxylic acids is 1. The van der Waals surface area contributed by atoms with Crippen molar-refractivity contribution in [1.82, 2.24) is 5.32 Å². The van der Waals surface area contributed by atoms with Crippen LogP contribution in [0.3, 0.4) is 0 Å². The second-order valence-corrected chi connectivity index (χ2v) is 4.75. The minimum absolute atomic E-state index is 0.140. The Labute approximate surface area is 102 Å². The second-order valence-electron chi connectivity index (χ2n) is 4.75. The molecule has 3 nitrogen and oxygen atoms in total. The summed E-state index contributed by atoms with van der Waals surface area (Å²) in [6, 6.07) is 10.2. The molecule has 17 heavy (non-hydrogen) atoms. The Bertz CT molecular complexity index is 364. The lowest BCUT2D eigenvalue weighted by Gasteiger charge is -2.16. The molecule has 1 aliphatic carbocycles. The lowest BCUT2D eigenvalue weighted by atomic mass is 9.96. The molecule has 0 aliphatic heterocycles. The highest BCUT2D eigenvalue weighted by Crippen LogP contribution is 2.31. The quantitative estimate of drug-likeness (QED) is 0.820. The van der Waals surface area contributed by atoms with Crippen molar-refractivity contribution in [2.45, 2.75) is 25.8 Å². The minimum atomic E-state index is -0.631. The van der Waals surface area contributed by atoms with E-state index in [4.69, 9.17) is 5.11 Å². The third-order valence-electron chi connectivity index (χ3n) is 3.55. The fourth-order valence-electron chi connectivity index (χ4n) is 2.60. The van der Waals surface area contributed by atoms with Gasteiger partial charge in [0.15, 0.2) is 0 Å². The maximum absolute atomic E-state index is 11.0. The van der Waals surface area contributed by atoms with Crippen LogP contribution in [0.1, 0.15) is 24.8 Å². The van der Waals surface area contributed by atoms with E-state index in [1.807, 2.05) is 18.2 Å². The topological polar surface area (TPSA) is 49.3 Å². The number of nitrogens with one attached hydrogen (secondary N) is 1. The summed E-state index contributed by atoms with van der Waals surface area (Å²) in [5, 5.41) is 12.4. The van der Waals surface area contributed by atoms with Gasteiger partial charge in [-0.1, -0.05) is 36.8 Å². The van der Waals surface area contributed by atoms with Gasteiger partial charge in [0.2, 0.25) is 0 Å². The highest BCUT2D eigenvalue weighted by molar-refractivity contribution is 5.70. The van der Waals surface area contributed by atoms with Gasteiger partial charge in [-0.3, -0.25) is 4.79 Å². The molecule has 0 spiro atoms. The average Bonchev–Trinajstić information content (AvgIpc) is 2.79. The van der Waals surface area contributed by atoms with Gasteiger partial charge in [0.05, 0.1) is 5.92 Å². The van der Waals surface area contributed by atoms with Crippen LogP contribution in [0.4, 0.5) is 0 Å². The number of hydrogen-bond donors (Lipinski definition) is 2. The van der Waals surface area contributed by atoms with Gasteiger partial charge in [-0.2, -0.15) is 0 Å². The van der Waals surface area contributed by atoms with Crippen LogP contribution < -0.4 is 5.32 Å². The Hall–Kier alpha value is -1.35. The molecule has 2 rings (SSSR count). The number of rotatable bonds is 5. The zero-order chi connectivity index (χ0) is 12.1. The van der Waals surface area contributed by atoms with Gasteiger partial charge in [-0.25, -0.2) is 0 Å². The zero-order valence-electron chi connectivity index (χ0n) is 9.93. The minimum Gasteiger partial charge on any atom is -0.481 e. The molecule has 1 aliphatic rings. The van der Waals surface area contributed by atoms with E-state index in [1.54, 1.807) is 0 Å². The van der Waals surface area contributed by atoms with Crippen molar-refractivity contribution in [2.24, 2.45) is 11.8 Å². The molecule has 0 bridgehead atoms. The SMILES string of the molecule is O=C(O)C1CCCC1CNCc1ccccc1. The molecule has 3 heteroatoms. The summed E-state index contributed by atoms with van der Waals surface area (Å²) in [5.74, 6) is -0.469. The number of aliphatic carboxylic acids is 1.